The van der Waals surface area contributed by atoms with Gasteiger partial charge in [0.05, 0.1) is 6.54 Å². The molecule has 6 heteroatoms. The van der Waals surface area contributed by atoms with Gasteiger partial charge < -0.3 is 9.80 Å². The number of carbonyl (C=O) groups is 1. The third-order valence-corrected chi connectivity index (χ3v) is 3.40. The molecule has 0 fully saturated rings. The van der Waals surface area contributed by atoms with Gasteiger partial charge in [0.15, 0.2) is 0 Å². The van der Waals surface area contributed by atoms with Crippen LogP contribution < -0.4 is 4.90 Å². The maximum Gasteiger partial charge on any atom is 0.241 e. The molecule has 118 valence electrons. The molecule has 1 amide bonds. The van der Waals surface area contributed by atoms with Crippen molar-refractivity contribution in [2.45, 2.75) is 39.5 Å². The van der Waals surface area contributed by atoms with E-state index in [0.29, 0.717) is 6.54 Å². The Morgan fingerprint density at radius 2 is 1.90 bits per heavy atom. The quantitative estimate of drug-likeness (QED) is 0.761. The van der Waals surface area contributed by atoms with Crippen LogP contribution in [-0.2, 0) is 10.2 Å². The SMILES string of the molecule is CCCN(CC(=O)N(C)C)c1cc(Br)nc(C(C)(C)C)n1. The van der Waals surface area contributed by atoms with Gasteiger partial charge in [0.1, 0.15) is 16.2 Å². The van der Waals surface area contributed by atoms with Crippen LogP contribution in [0, 0.1) is 0 Å². The van der Waals surface area contributed by atoms with Crippen molar-refractivity contribution in [3.05, 3.63) is 16.5 Å². The second-order valence-electron chi connectivity index (χ2n) is 6.33. The molecular formula is C15H25BrN4O. The maximum atomic E-state index is 12.0. The van der Waals surface area contributed by atoms with Crippen LogP contribution in [0.4, 0.5) is 5.82 Å². The molecule has 0 aromatic carbocycles. The minimum Gasteiger partial charge on any atom is -0.347 e. The van der Waals surface area contributed by atoms with E-state index >= 15 is 0 Å². The van der Waals surface area contributed by atoms with Gasteiger partial charge in [-0.15, -0.1) is 0 Å². The van der Waals surface area contributed by atoms with Crippen molar-refractivity contribution in [3.63, 3.8) is 0 Å². The molecule has 0 atom stereocenters. The van der Waals surface area contributed by atoms with Gasteiger partial charge in [0.2, 0.25) is 5.91 Å². The number of rotatable bonds is 5. The van der Waals surface area contributed by atoms with Crippen molar-refractivity contribution in [1.82, 2.24) is 14.9 Å². The van der Waals surface area contributed by atoms with Gasteiger partial charge in [-0.1, -0.05) is 27.7 Å². The largest absolute Gasteiger partial charge is 0.347 e. The van der Waals surface area contributed by atoms with Gasteiger partial charge in [0.25, 0.3) is 0 Å². The number of likely N-dealkylation sites (N-methyl/N-ethyl adjacent to an activating group) is 1. The second kappa shape index (κ2) is 7.20. The van der Waals surface area contributed by atoms with Gasteiger partial charge in [-0.3, -0.25) is 4.79 Å². The van der Waals surface area contributed by atoms with Crippen molar-refractivity contribution in [2.24, 2.45) is 0 Å². The molecule has 1 aromatic heterocycles. The number of hydrogen-bond donors (Lipinski definition) is 0. The highest BCUT2D eigenvalue weighted by Gasteiger charge is 2.21. The smallest absolute Gasteiger partial charge is 0.241 e. The summed E-state index contributed by atoms with van der Waals surface area (Å²) in [7, 11) is 3.53. The van der Waals surface area contributed by atoms with Crippen LogP contribution in [0.25, 0.3) is 0 Å². The van der Waals surface area contributed by atoms with Crippen molar-refractivity contribution < 1.29 is 4.79 Å². The number of hydrogen-bond acceptors (Lipinski definition) is 4. The zero-order valence-electron chi connectivity index (χ0n) is 13.8. The number of anilines is 1. The van der Waals surface area contributed by atoms with E-state index in [9.17, 15) is 4.79 Å². The zero-order chi connectivity index (χ0) is 16.2. The van der Waals surface area contributed by atoms with Crippen molar-refractivity contribution in [1.29, 1.82) is 0 Å². The van der Waals surface area contributed by atoms with E-state index in [0.717, 1.165) is 29.2 Å². The van der Waals surface area contributed by atoms with Crippen LogP contribution >= 0.6 is 15.9 Å². The van der Waals surface area contributed by atoms with E-state index in [1.807, 2.05) is 11.0 Å². The molecule has 0 aliphatic rings. The van der Waals surface area contributed by atoms with Crippen molar-refractivity contribution in [2.75, 3.05) is 32.1 Å². The molecule has 0 N–H and O–H groups in total. The van der Waals surface area contributed by atoms with E-state index in [1.54, 1.807) is 19.0 Å². The Balaban J connectivity index is 3.13. The number of aromatic nitrogens is 2. The first kappa shape index (κ1) is 17.9. The standard InChI is InChI=1S/C15H25BrN4O/c1-7-8-20(10-13(21)19(5)6)12-9-11(16)17-14(18-12)15(2,3)4/h9H,7-8,10H2,1-6H3. The van der Waals surface area contributed by atoms with E-state index in [-0.39, 0.29) is 11.3 Å². The lowest BCUT2D eigenvalue weighted by Crippen LogP contribution is -2.38. The number of amides is 1. The molecule has 1 heterocycles. The first-order valence-corrected chi connectivity index (χ1v) is 7.94. The Kier molecular flexibility index (Phi) is 6.13. The van der Waals surface area contributed by atoms with Gasteiger partial charge in [-0.25, -0.2) is 9.97 Å². The third-order valence-electron chi connectivity index (χ3n) is 2.99. The molecular weight excluding hydrogens is 332 g/mol. The molecule has 21 heavy (non-hydrogen) atoms. The van der Waals surface area contributed by atoms with Gasteiger partial charge >= 0.3 is 0 Å². The summed E-state index contributed by atoms with van der Waals surface area (Å²) < 4.78 is 0.746. The number of nitrogens with zero attached hydrogens (tertiary/aromatic N) is 4. The number of halogens is 1. The summed E-state index contributed by atoms with van der Waals surface area (Å²) in [6, 6.07) is 1.87. The maximum absolute atomic E-state index is 12.0. The summed E-state index contributed by atoms with van der Waals surface area (Å²) in [5, 5.41) is 0. The molecule has 1 rings (SSSR count). The predicted octanol–water partition coefficient (Wildman–Crippen LogP) is 2.84. The summed E-state index contributed by atoms with van der Waals surface area (Å²) in [5.74, 6) is 1.62. The van der Waals surface area contributed by atoms with Gasteiger partial charge in [0, 0.05) is 32.1 Å². The Morgan fingerprint density at radius 1 is 1.29 bits per heavy atom. The minimum absolute atomic E-state index is 0.0653. The average molecular weight is 357 g/mol. The molecule has 5 nitrogen and oxygen atoms in total. The molecule has 0 aliphatic heterocycles. The van der Waals surface area contributed by atoms with Crippen molar-refractivity contribution >= 4 is 27.7 Å². The lowest BCUT2D eigenvalue weighted by molar-refractivity contribution is -0.127. The van der Waals surface area contributed by atoms with E-state index < -0.39 is 0 Å². The highest BCUT2D eigenvalue weighted by atomic mass is 79.9. The van der Waals surface area contributed by atoms with E-state index in [1.165, 1.54) is 0 Å². The molecule has 0 unspecified atom stereocenters. The molecule has 0 saturated carbocycles. The molecule has 0 spiro atoms. The first-order chi connectivity index (χ1) is 9.65. The van der Waals surface area contributed by atoms with E-state index in [2.05, 4.69) is 53.6 Å². The molecule has 0 saturated heterocycles. The molecule has 0 radical (unpaired) electrons. The molecule has 1 aromatic rings. The topological polar surface area (TPSA) is 49.3 Å². The fraction of sp³-hybridized carbons (Fsp3) is 0.667. The third kappa shape index (κ3) is 5.26. The fourth-order valence-electron chi connectivity index (χ4n) is 1.75. The summed E-state index contributed by atoms with van der Waals surface area (Å²) in [5.41, 5.74) is -0.137. The predicted molar refractivity (Wildman–Crippen MR) is 89.6 cm³/mol. The van der Waals surface area contributed by atoms with Gasteiger partial charge in [-0.2, -0.15) is 0 Å². The average Bonchev–Trinajstić information content (AvgIpc) is 2.36. The lowest BCUT2D eigenvalue weighted by atomic mass is 9.96. The Hall–Kier alpha value is -1.17. The number of carbonyl (C=O) groups excluding carboxylic acids is 1. The monoisotopic (exact) mass is 356 g/mol. The summed E-state index contributed by atoms with van der Waals surface area (Å²) in [4.78, 5) is 24.7. The normalized spacial score (nSPS) is 11.4. The summed E-state index contributed by atoms with van der Waals surface area (Å²) in [6.07, 6.45) is 0.952. The highest BCUT2D eigenvalue weighted by Crippen LogP contribution is 2.24. The summed E-state index contributed by atoms with van der Waals surface area (Å²) in [6.45, 7) is 9.43. The lowest BCUT2D eigenvalue weighted by Gasteiger charge is -2.26. The zero-order valence-corrected chi connectivity index (χ0v) is 15.4. The minimum atomic E-state index is -0.137. The van der Waals surface area contributed by atoms with Gasteiger partial charge in [-0.05, 0) is 22.4 Å². The van der Waals surface area contributed by atoms with Crippen LogP contribution in [0.1, 0.15) is 39.9 Å². The Labute approximate surface area is 135 Å². The van der Waals surface area contributed by atoms with E-state index in [4.69, 9.17) is 0 Å². The Bertz CT molecular complexity index is 497. The molecule has 0 aliphatic carbocycles. The highest BCUT2D eigenvalue weighted by molar-refractivity contribution is 9.10. The van der Waals surface area contributed by atoms with Crippen LogP contribution in [0.5, 0.6) is 0 Å². The van der Waals surface area contributed by atoms with Crippen LogP contribution in [0.15, 0.2) is 10.7 Å². The second-order valence-corrected chi connectivity index (χ2v) is 7.14. The first-order valence-electron chi connectivity index (χ1n) is 7.15. The summed E-state index contributed by atoms with van der Waals surface area (Å²) >= 11 is 3.45. The van der Waals surface area contributed by atoms with Crippen molar-refractivity contribution in [3.8, 4) is 0 Å². The van der Waals surface area contributed by atoms with Crippen LogP contribution in [-0.4, -0.2) is 48.0 Å². The van der Waals surface area contributed by atoms with Crippen LogP contribution in [0.2, 0.25) is 0 Å². The fourth-order valence-corrected chi connectivity index (χ4v) is 2.13. The molecule has 0 bridgehead atoms. The van der Waals surface area contributed by atoms with Crippen LogP contribution in [0.3, 0.4) is 0 Å². The Morgan fingerprint density at radius 3 is 2.38 bits per heavy atom.